The molecule has 6 nitrogen and oxygen atoms in total. The van der Waals surface area contributed by atoms with Gasteiger partial charge in [0.1, 0.15) is 30.8 Å². The molecule has 34 heavy (non-hydrogen) atoms. The minimum atomic E-state index is -0.886. The second-order valence-corrected chi connectivity index (χ2v) is 10.6. The molecule has 3 rings (SSSR count). The minimum absolute atomic E-state index is 0.0658. The fourth-order valence-electron chi connectivity index (χ4n) is 4.47. The number of hydrogen-bond donors (Lipinski definition) is 4. The number of ether oxygens (including phenoxy) is 2. The Bertz CT molecular complexity index is 946. The highest BCUT2D eigenvalue weighted by Gasteiger charge is 2.36. The highest BCUT2D eigenvalue weighted by atomic mass is 16.5. The Labute approximate surface area is 203 Å². The molecule has 1 aliphatic rings. The average molecular weight is 472 g/mol. The first-order valence-corrected chi connectivity index (χ1v) is 12.2. The van der Waals surface area contributed by atoms with E-state index >= 15 is 0 Å². The van der Waals surface area contributed by atoms with Gasteiger partial charge in [0.05, 0.1) is 12.7 Å². The highest BCUT2D eigenvalue weighted by molar-refractivity contribution is 5.48. The van der Waals surface area contributed by atoms with Gasteiger partial charge in [0.2, 0.25) is 0 Å². The number of piperidine rings is 1. The lowest BCUT2D eigenvalue weighted by Crippen LogP contribution is -2.40. The van der Waals surface area contributed by atoms with E-state index in [0.29, 0.717) is 0 Å². The zero-order chi connectivity index (χ0) is 24.9. The van der Waals surface area contributed by atoms with E-state index in [1.54, 1.807) is 0 Å². The molecule has 1 heterocycles. The van der Waals surface area contributed by atoms with E-state index in [1.807, 2.05) is 39.8 Å². The van der Waals surface area contributed by atoms with Crippen LogP contribution in [0.15, 0.2) is 36.4 Å². The Morgan fingerprint density at radius 1 is 0.882 bits per heavy atom. The van der Waals surface area contributed by atoms with Crippen LogP contribution in [-0.4, -0.2) is 60.4 Å². The Morgan fingerprint density at radius 2 is 1.38 bits per heavy atom. The molecule has 188 valence electrons. The van der Waals surface area contributed by atoms with E-state index in [4.69, 9.17) is 14.6 Å². The topological polar surface area (TPSA) is 91.2 Å². The van der Waals surface area contributed by atoms with Crippen LogP contribution in [0.4, 0.5) is 0 Å². The Morgan fingerprint density at radius 3 is 1.82 bits per heavy atom. The number of aliphatic hydroxyl groups excluding tert-OH is 3. The Balaban J connectivity index is 1.87. The van der Waals surface area contributed by atoms with Gasteiger partial charge in [0.15, 0.2) is 0 Å². The molecule has 1 saturated heterocycles. The van der Waals surface area contributed by atoms with Crippen molar-refractivity contribution >= 4 is 0 Å². The van der Waals surface area contributed by atoms with Gasteiger partial charge in [0, 0.05) is 5.41 Å². The zero-order valence-electron chi connectivity index (χ0n) is 21.2. The van der Waals surface area contributed by atoms with Crippen molar-refractivity contribution in [3.8, 4) is 11.5 Å². The number of aryl methyl sites for hydroxylation is 2. The van der Waals surface area contributed by atoms with E-state index in [2.05, 4.69) is 36.5 Å². The van der Waals surface area contributed by atoms with Crippen LogP contribution in [0.2, 0.25) is 0 Å². The predicted octanol–water partition coefficient (Wildman–Crippen LogP) is 3.49. The lowest BCUT2D eigenvalue weighted by molar-refractivity contribution is 0.0216. The van der Waals surface area contributed by atoms with Crippen molar-refractivity contribution < 1.29 is 24.8 Å². The van der Waals surface area contributed by atoms with Crippen LogP contribution in [0.1, 0.15) is 55.9 Å². The number of benzene rings is 2. The third-order valence-corrected chi connectivity index (χ3v) is 6.95. The molecule has 6 heteroatoms. The molecule has 0 aliphatic carbocycles. The van der Waals surface area contributed by atoms with Crippen molar-refractivity contribution in [2.75, 3.05) is 32.9 Å². The number of aliphatic hydroxyl groups is 3. The van der Waals surface area contributed by atoms with Crippen LogP contribution in [0.3, 0.4) is 0 Å². The van der Waals surface area contributed by atoms with Crippen molar-refractivity contribution in [2.24, 2.45) is 5.41 Å². The summed E-state index contributed by atoms with van der Waals surface area (Å²) in [4.78, 5) is 0. The van der Waals surface area contributed by atoms with Crippen molar-refractivity contribution in [1.29, 1.82) is 0 Å². The van der Waals surface area contributed by atoms with Gasteiger partial charge >= 0.3 is 0 Å². The molecule has 0 saturated carbocycles. The average Bonchev–Trinajstić information content (AvgIpc) is 2.81. The third-order valence-electron chi connectivity index (χ3n) is 6.95. The molecule has 2 aromatic carbocycles. The summed E-state index contributed by atoms with van der Waals surface area (Å²) < 4.78 is 11.7. The smallest absolute Gasteiger partial charge is 0.122 e. The first-order valence-electron chi connectivity index (χ1n) is 12.2. The largest absolute Gasteiger partial charge is 0.491 e. The molecule has 0 spiro atoms. The highest BCUT2D eigenvalue weighted by Crippen LogP contribution is 2.42. The van der Waals surface area contributed by atoms with Gasteiger partial charge in [0.25, 0.3) is 0 Å². The maximum Gasteiger partial charge on any atom is 0.122 e. The van der Waals surface area contributed by atoms with Gasteiger partial charge in [-0.2, -0.15) is 0 Å². The molecular weight excluding hydrogens is 430 g/mol. The fourth-order valence-corrected chi connectivity index (χ4v) is 4.47. The van der Waals surface area contributed by atoms with Gasteiger partial charge < -0.3 is 30.1 Å². The second-order valence-electron chi connectivity index (χ2n) is 10.6. The van der Waals surface area contributed by atoms with Gasteiger partial charge in [-0.05, 0) is 79.6 Å². The lowest BCUT2D eigenvalue weighted by Gasteiger charge is -2.39. The summed E-state index contributed by atoms with van der Waals surface area (Å²) in [5.41, 5.74) is 4.24. The Hall–Kier alpha value is -2.12. The molecule has 0 radical (unpaired) electrons. The van der Waals surface area contributed by atoms with Crippen LogP contribution in [0.25, 0.3) is 0 Å². The quantitative estimate of drug-likeness (QED) is 0.448. The van der Waals surface area contributed by atoms with Crippen molar-refractivity contribution in [2.45, 2.75) is 65.1 Å². The molecule has 2 unspecified atom stereocenters. The maximum atomic E-state index is 10.3. The summed E-state index contributed by atoms with van der Waals surface area (Å²) >= 11 is 0. The second kappa shape index (κ2) is 11.1. The van der Waals surface area contributed by atoms with Gasteiger partial charge in [-0.15, -0.1) is 0 Å². The summed E-state index contributed by atoms with van der Waals surface area (Å²) in [5.74, 6) is 1.52. The predicted molar refractivity (Wildman–Crippen MR) is 135 cm³/mol. The van der Waals surface area contributed by atoms with Crippen LogP contribution in [-0.2, 0) is 5.41 Å². The van der Waals surface area contributed by atoms with Crippen LogP contribution < -0.4 is 14.8 Å². The molecule has 0 amide bonds. The van der Waals surface area contributed by atoms with Crippen LogP contribution >= 0.6 is 0 Å². The third kappa shape index (κ3) is 6.11. The first-order chi connectivity index (χ1) is 16.1. The van der Waals surface area contributed by atoms with Gasteiger partial charge in [-0.1, -0.05) is 45.0 Å². The van der Waals surface area contributed by atoms with Gasteiger partial charge in [-0.25, -0.2) is 0 Å². The van der Waals surface area contributed by atoms with Gasteiger partial charge in [-0.3, -0.25) is 0 Å². The molecule has 1 fully saturated rings. The van der Waals surface area contributed by atoms with Crippen molar-refractivity contribution in [3.05, 3.63) is 58.7 Å². The number of rotatable bonds is 9. The van der Waals surface area contributed by atoms with E-state index in [9.17, 15) is 10.2 Å². The Kier molecular flexibility index (Phi) is 8.63. The zero-order valence-corrected chi connectivity index (χ0v) is 21.2. The van der Waals surface area contributed by atoms with E-state index in [0.717, 1.165) is 48.6 Å². The standard InChI is InChI=1S/C28H41NO5/c1-19-14-21(6-8-24(19)33-17-23(31)16-30)28(10-12-29-13-11-28)22-7-9-25(20(2)15-22)34-18-26(32)27(3,4)5/h6-9,14-15,23,26,29-32H,10-13,16-18H2,1-5H3. The molecular formula is C28H41NO5. The molecule has 0 bridgehead atoms. The minimum Gasteiger partial charge on any atom is -0.491 e. The molecule has 4 N–H and O–H groups in total. The summed E-state index contributed by atoms with van der Waals surface area (Å²) in [6.07, 6.45) is 0.545. The summed E-state index contributed by atoms with van der Waals surface area (Å²) in [6.45, 7) is 12.0. The molecule has 2 atom stereocenters. The van der Waals surface area contributed by atoms with Crippen LogP contribution in [0.5, 0.6) is 11.5 Å². The van der Waals surface area contributed by atoms with Crippen LogP contribution in [0, 0.1) is 19.3 Å². The fraction of sp³-hybridized carbons (Fsp3) is 0.571. The summed E-state index contributed by atoms with van der Waals surface area (Å²) in [7, 11) is 0. The number of nitrogens with one attached hydrogen (secondary N) is 1. The van der Waals surface area contributed by atoms with E-state index < -0.39 is 12.2 Å². The lowest BCUT2D eigenvalue weighted by atomic mass is 9.68. The number of hydrogen-bond acceptors (Lipinski definition) is 6. The summed E-state index contributed by atoms with van der Waals surface area (Å²) in [5, 5.41) is 32.5. The first kappa shape index (κ1) is 26.5. The monoisotopic (exact) mass is 471 g/mol. The van der Waals surface area contributed by atoms with Crippen molar-refractivity contribution in [1.82, 2.24) is 5.32 Å². The molecule has 1 aliphatic heterocycles. The molecule has 2 aromatic rings. The molecule has 0 aromatic heterocycles. The summed E-state index contributed by atoms with van der Waals surface area (Å²) in [6, 6.07) is 12.7. The normalized spacial score (nSPS) is 17.8. The van der Waals surface area contributed by atoms with E-state index in [1.165, 1.54) is 11.1 Å². The van der Waals surface area contributed by atoms with Crippen molar-refractivity contribution in [3.63, 3.8) is 0 Å². The SMILES string of the molecule is Cc1cc(C2(c3ccc(OCC(O)C(C)(C)C)c(C)c3)CCNCC2)ccc1OCC(O)CO. The maximum absolute atomic E-state index is 10.3. The van der Waals surface area contributed by atoms with E-state index in [-0.39, 0.29) is 30.7 Å².